The molecule has 4 atom stereocenters. The SMILES string of the molecule is CCC[C@@H](C(=O)O)N1CCN([C@@H](CCI)C(=O)O)CCN([C@@H](CCC)C(=O)O)CCN([C@@H](CCI)C(=O)O)CC1. The molecule has 12 nitrogen and oxygen atoms in total. The zero-order valence-electron chi connectivity index (χ0n) is 23.6. The van der Waals surface area contributed by atoms with Crippen molar-refractivity contribution in [2.75, 3.05) is 61.2 Å². The summed E-state index contributed by atoms with van der Waals surface area (Å²) in [6.07, 6.45) is 2.98. The first kappa shape index (κ1) is 37.2. The molecule has 0 radical (unpaired) electrons. The van der Waals surface area contributed by atoms with Gasteiger partial charge in [0.15, 0.2) is 0 Å². The highest BCUT2D eigenvalue weighted by atomic mass is 127. The van der Waals surface area contributed by atoms with Gasteiger partial charge in [0.1, 0.15) is 24.2 Å². The molecule has 0 aromatic carbocycles. The normalized spacial score (nSPS) is 20.5. The molecule has 1 aliphatic heterocycles. The summed E-state index contributed by atoms with van der Waals surface area (Å²) in [4.78, 5) is 56.3. The van der Waals surface area contributed by atoms with Crippen molar-refractivity contribution in [3.05, 3.63) is 0 Å². The Balaban J connectivity index is 3.52. The highest BCUT2D eigenvalue weighted by Crippen LogP contribution is 2.17. The second-order valence-electron chi connectivity index (χ2n) is 10.1. The number of carbonyl (C=O) groups is 4. The minimum atomic E-state index is -0.956. The molecule has 0 bridgehead atoms. The van der Waals surface area contributed by atoms with Crippen LogP contribution >= 0.6 is 45.2 Å². The third-order valence-corrected chi connectivity index (χ3v) is 8.74. The fraction of sp³-hybridized carbons (Fsp3) is 0.846. The van der Waals surface area contributed by atoms with E-state index in [1.54, 1.807) is 0 Å². The van der Waals surface area contributed by atoms with Gasteiger partial charge in [-0.2, -0.15) is 0 Å². The monoisotopic (exact) mass is 796 g/mol. The van der Waals surface area contributed by atoms with Crippen LogP contribution in [-0.2, 0) is 19.2 Å². The zero-order chi connectivity index (χ0) is 30.2. The van der Waals surface area contributed by atoms with E-state index < -0.39 is 48.0 Å². The van der Waals surface area contributed by atoms with E-state index >= 15 is 0 Å². The molecule has 4 N–H and O–H groups in total. The van der Waals surface area contributed by atoms with Crippen LogP contribution in [0, 0.1) is 0 Å². The van der Waals surface area contributed by atoms with Crippen molar-refractivity contribution in [1.29, 1.82) is 0 Å². The van der Waals surface area contributed by atoms with Crippen molar-refractivity contribution in [2.45, 2.75) is 76.5 Å². The lowest BCUT2D eigenvalue weighted by Gasteiger charge is -2.39. The molecule has 0 unspecified atom stereocenters. The topological polar surface area (TPSA) is 162 Å². The average molecular weight is 796 g/mol. The third kappa shape index (κ3) is 12.2. The second kappa shape index (κ2) is 20.1. The highest BCUT2D eigenvalue weighted by Gasteiger charge is 2.34. The summed E-state index contributed by atoms with van der Waals surface area (Å²) in [5.41, 5.74) is 0. The number of rotatable bonds is 16. The van der Waals surface area contributed by atoms with E-state index in [2.05, 4.69) is 45.2 Å². The minimum Gasteiger partial charge on any atom is -0.480 e. The Labute approximate surface area is 264 Å². The molecule has 0 aliphatic carbocycles. The summed E-state index contributed by atoms with van der Waals surface area (Å²) >= 11 is 4.29. The Bertz CT molecular complexity index is 665. The van der Waals surface area contributed by atoms with E-state index in [-0.39, 0.29) is 0 Å². The van der Waals surface area contributed by atoms with Gasteiger partial charge < -0.3 is 20.4 Å². The van der Waals surface area contributed by atoms with Crippen LogP contribution in [0.3, 0.4) is 0 Å². The van der Waals surface area contributed by atoms with Crippen LogP contribution in [0.1, 0.15) is 52.4 Å². The van der Waals surface area contributed by atoms with E-state index in [0.29, 0.717) is 99.7 Å². The minimum absolute atomic E-state index is 0.302. The Morgan fingerprint density at radius 1 is 0.500 bits per heavy atom. The molecule has 14 heteroatoms. The van der Waals surface area contributed by atoms with Crippen molar-refractivity contribution < 1.29 is 39.6 Å². The largest absolute Gasteiger partial charge is 0.480 e. The van der Waals surface area contributed by atoms with Gasteiger partial charge >= 0.3 is 23.9 Å². The quantitative estimate of drug-likeness (QED) is 0.134. The predicted molar refractivity (Wildman–Crippen MR) is 169 cm³/mol. The Kier molecular flexibility index (Phi) is 18.7. The van der Waals surface area contributed by atoms with Gasteiger partial charge in [0.25, 0.3) is 0 Å². The maximum atomic E-state index is 12.2. The molecule has 1 saturated heterocycles. The molecular formula is C26H46I2N4O8. The van der Waals surface area contributed by atoms with Gasteiger partial charge in [0.2, 0.25) is 0 Å². The molecule has 1 rings (SSSR count). The average Bonchev–Trinajstić information content (AvgIpc) is 2.88. The highest BCUT2D eigenvalue weighted by molar-refractivity contribution is 14.1. The fourth-order valence-electron chi connectivity index (χ4n) is 5.32. The van der Waals surface area contributed by atoms with E-state index in [4.69, 9.17) is 0 Å². The van der Waals surface area contributed by atoms with Crippen molar-refractivity contribution >= 4 is 69.1 Å². The zero-order valence-corrected chi connectivity index (χ0v) is 27.9. The van der Waals surface area contributed by atoms with Gasteiger partial charge in [-0.15, -0.1) is 0 Å². The molecule has 0 spiro atoms. The lowest BCUT2D eigenvalue weighted by molar-refractivity contribution is -0.148. The van der Waals surface area contributed by atoms with Gasteiger partial charge in [-0.05, 0) is 25.7 Å². The van der Waals surface area contributed by atoms with E-state index in [0.717, 1.165) is 0 Å². The van der Waals surface area contributed by atoms with Crippen LogP contribution in [0.5, 0.6) is 0 Å². The summed E-state index contributed by atoms with van der Waals surface area (Å²) in [7, 11) is 0. The van der Waals surface area contributed by atoms with Crippen LogP contribution in [0.2, 0.25) is 0 Å². The van der Waals surface area contributed by atoms with Crippen LogP contribution in [-0.4, -0.2) is 149 Å². The van der Waals surface area contributed by atoms with Crippen LogP contribution in [0.15, 0.2) is 0 Å². The van der Waals surface area contributed by atoms with Gasteiger partial charge in [0, 0.05) is 61.2 Å². The molecular weight excluding hydrogens is 750 g/mol. The van der Waals surface area contributed by atoms with Crippen molar-refractivity contribution in [3.63, 3.8) is 0 Å². The van der Waals surface area contributed by atoms with E-state index in [9.17, 15) is 39.6 Å². The standard InChI is InChI=1S/C26H46I2N4O8/c1-3-5-19(23(33)34)29-11-15-31(21(7-9-27)25(37)38)17-13-30(20(6-4-2)24(35)36)14-18-32(16-12-29)22(8-10-28)26(39)40/h19-22H,3-18H2,1-2H3,(H,33,34)(H,35,36)(H,37,38)(H,39,40)/t19-,20-,21-,22-/m0/s1. The lowest BCUT2D eigenvalue weighted by Crippen LogP contribution is -2.56. The number of carboxylic acids is 4. The molecule has 1 heterocycles. The van der Waals surface area contributed by atoms with E-state index in [1.807, 2.05) is 33.4 Å². The van der Waals surface area contributed by atoms with Crippen LogP contribution < -0.4 is 0 Å². The van der Waals surface area contributed by atoms with E-state index in [1.165, 1.54) is 0 Å². The molecule has 1 aliphatic rings. The lowest BCUT2D eigenvalue weighted by atomic mass is 10.1. The third-order valence-electron chi connectivity index (χ3n) is 7.49. The Morgan fingerprint density at radius 3 is 0.850 bits per heavy atom. The summed E-state index contributed by atoms with van der Waals surface area (Å²) in [6, 6.07) is -3.09. The Hall–Kier alpha value is -0.820. The maximum absolute atomic E-state index is 12.2. The molecule has 0 aromatic rings. The first-order valence-corrected chi connectivity index (χ1v) is 17.1. The van der Waals surface area contributed by atoms with Gasteiger partial charge in [0.05, 0.1) is 0 Å². The number of aliphatic carboxylic acids is 4. The number of nitrogens with zero attached hydrogens (tertiary/aromatic N) is 4. The molecule has 1 fully saturated rings. The van der Waals surface area contributed by atoms with Gasteiger partial charge in [-0.25, -0.2) is 0 Å². The number of alkyl halides is 2. The molecule has 0 saturated carbocycles. The van der Waals surface area contributed by atoms with Gasteiger partial charge in [-0.1, -0.05) is 71.9 Å². The molecule has 232 valence electrons. The van der Waals surface area contributed by atoms with Crippen molar-refractivity contribution in [2.24, 2.45) is 0 Å². The summed E-state index contributed by atoms with van der Waals surface area (Å²) in [5, 5.41) is 40.1. The molecule has 40 heavy (non-hydrogen) atoms. The van der Waals surface area contributed by atoms with Crippen LogP contribution in [0.25, 0.3) is 0 Å². The first-order valence-electron chi connectivity index (χ1n) is 14.0. The van der Waals surface area contributed by atoms with Gasteiger partial charge in [-0.3, -0.25) is 38.8 Å². The number of hydrogen-bond donors (Lipinski definition) is 4. The summed E-state index contributed by atoms with van der Waals surface area (Å²) in [5.74, 6) is -3.82. The number of carboxylic acid groups (broad SMARTS) is 4. The predicted octanol–water partition coefficient (Wildman–Crippen LogP) is 2.27. The smallest absolute Gasteiger partial charge is 0.320 e. The van der Waals surface area contributed by atoms with Crippen molar-refractivity contribution in [1.82, 2.24) is 19.6 Å². The summed E-state index contributed by atoms with van der Waals surface area (Å²) < 4.78 is 1.25. The molecule has 0 amide bonds. The molecule has 0 aromatic heterocycles. The number of halogens is 2. The number of hydrogen-bond acceptors (Lipinski definition) is 8. The maximum Gasteiger partial charge on any atom is 0.320 e. The van der Waals surface area contributed by atoms with Crippen LogP contribution in [0.4, 0.5) is 0 Å². The second-order valence-corrected chi connectivity index (χ2v) is 12.3. The first-order chi connectivity index (χ1) is 19.0. The summed E-state index contributed by atoms with van der Waals surface area (Å²) in [6.45, 7) is 6.25. The fourth-order valence-corrected chi connectivity index (χ4v) is 6.50. The Morgan fingerprint density at radius 2 is 0.700 bits per heavy atom. The van der Waals surface area contributed by atoms with Crippen molar-refractivity contribution in [3.8, 4) is 0 Å².